The predicted octanol–water partition coefficient (Wildman–Crippen LogP) is 0.517. The van der Waals surface area contributed by atoms with Crippen molar-refractivity contribution in [2.75, 3.05) is 20.6 Å². The topological polar surface area (TPSA) is 56.1 Å². The highest BCUT2D eigenvalue weighted by atomic mass is 16.3. The fraction of sp³-hybridized carbons (Fsp3) is 0.455. The number of aliphatic hydroxyl groups excluding tert-OH is 1. The quantitative estimate of drug-likeness (QED) is 0.702. The summed E-state index contributed by atoms with van der Waals surface area (Å²) in [5.74, 6) is 0.522. The maximum Gasteiger partial charge on any atom is 0.251 e. The molecular weight excluding hydrogens is 206 g/mol. The Bertz CT molecular complexity index is 423. The Morgan fingerprint density at radius 2 is 2.31 bits per heavy atom. The largest absolute Gasteiger partial charge is 0.504 e. The lowest BCUT2D eigenvalue weighted by Crippen LogP contribution is -2.45. The van der Waals surface area contributed by atoms with Gasteiger partial charge in [-0.1, -0.05) is 0 Å². The fourth-order valence-corrected chi connectivity index (χ4v) is 1.98. The number of carbonyl (C=O) groups is 1. The summed E-state index contributed by atoms with van der Waals surface area (Å²) in [6.07, 6.45) is 5.12. The molecule has 86 valence electrons. The van der Waals surface area contributed by atoms with Crippen LogP contribution in [0.1, 0.15) is 6.92 Å². The minimum Gasteiger partial charge on any atom is -0.504 e. The highest BCUT2D eigenvalue weighted by Crippen LogP contribution is 2.26. The number of rotatable bonds is 1. The van der Waals surface area contributed by atoms with Crippen LogP contribution in [0.2, 0.25) is 0 Å². The lowest BCUT2D eigenvalue weighted by Gasteiger charge is -2.25. The molecule has 1 unspecified atom stereocenters. The van der Waals surface area contributed by atoms with Gasteiger partial charge in [-0.15, -0.1) is 0 Å². The number of allylic oxidation sites excluding steroid dienone is 2. The van der Waals surface area contributed by atoms with Crippen molar-refractivity contribution in [1.29, 1.82) is 0 Å². The molecule has 1 N–H and O–H groups in total. The van der Waals surface area contributed by atoms with Gasteiger partial charge < -0.3 is 14.9 Å². The summed E-state index contributed by atoms with van der Waals surface area (Å²) in [6.45, 7) is 2.25. The number of nitrogens with zero attached hydrogens (tertiary/aromatic N) is 3. The first-order chi connectivity index (χ1) is 7.44. The summed E-state index contributed by atoms with van der Waals surface area (Å²) < 4.78 is 0. The fourth-order valence-electron chi connectivity index (χ4n) is 1.98. The Labute approximate surface area is 94.4 Å². The molecule has 2 aliphatic rings. The summed E-state index contributed by atoms with van der Waals surface area (Å²) >= 11 is 0. The highest BCUT2D eigenvalue weighted by molar-refractivity contribution is 6.03. The molecule has 0 saturated carbocycles. The maximum absolute atomic E-state index is 12.0. The van der Waals surface area contributed by atoms with E-state index in [0.29, 0.717) is 12.4 Å². The van der Waals surface area contributed by atoms with Crippen molar-refractivity contribution in [2.24, 2.45) is 4.99 Å². The van der Waals surface area contributed by atoms with E-state index in [1.165, 1.54) is 4.90 Å². The summed E-state index contributed by atoms with van der Waals surface area (Å²) in [6, 6.07) is 0. The van der Waals surface area contributed by atoms with Gasteiger partial charge in [-0.3, -0.25) is 4.79 Å². The van der Waals surface area contributed by atoms with Crippen LogP contribution in [0.25, 0.3) is 0 Å². The number of aliphatic imine (C=N–C) groups is 1. The molecule has 1 atom stereocenters. The standard InChI is InChI=1S/C11H15N3O2/c1-11(10(16)13(2)3)7-14-6-4-5-8(15)9(14)12-11/h4-6,15H,7H2,1-3H3. The third-order valence-electron chi connectivity index (χ3n) is 2.72. The van der Waals surface area contributed by atoms with Gasteiger partial charge in [0.25, 0.3) is 5.91 Å². The van der Waals surface area contributed by atoms with Crippen LogP contribution in [-0.2, 0) is 4.79 Å². The zero-order chi connectivity index (χ0) is 11.9. The first kappa shape index (κ1) is 10.7. The molecule has 2 rings (SSSR count). The average Bonchev–Trinajstić information content (AvgIpc) is 2.56. The van der Waals surface area contributed by atoms with Crippen LogP contribution in [0.5, 0.6) is 0 Å². The van der Waals surface area contributed by atoms with E-state index in [-0.39, 0.29) is 11.7 Å². The van der Waals surface area contributed by atoms with Crippen molar-refractivity contribution in [1.82, 2.24) is 9.80 Å². The normalized spacial score (nSPS) is 27.3. The molecule has 0 fully saturated rings. The number of amidine groups is 1. The van der Waals surface area contributed by atoms with E-state index in [2.05, 4.69) is 4.99 Å². The van der Waals surface area contributed by atoms with Crippen LogP contribution < -0.4 is 0 Å². The smallest absolute Gasteiger partial charge is 0.251 e. The number of hydrogen-bond donors (Lipinski definition) is 1. The molecule has 0 aromatic heterocycles. The minimum atomic E-state index is -0.810. The number of aliphatic hydroxyl groups is 1. The van der Waals surface area contributed by atoms with Crippen LogP contribution in [0.4, 0.5) is 0 Å². The highest BCUT2D eigenvalue weighted by Gasteiger charge is 2.43. The van der Waals surface area contributed by atoms with Crippen LogP contribution in [0.3, 0.4) is 0 Å². The summed E-state index contributed by atoms with van der Waals surface area (Å²) in [4.78, 5) is 19.6. The minimum absolute atomic E-state index is 0.0596. The SMILES string of the molecule is CN(C)C(=O)C1(C)CN2C=CC=C(O)C2=N1. The van der Waals surface area contributed by atoms with Crippen LogP contribution in [0, 0.1) is 0 Å². The van der Waals surface area contributed by atoms with E-state index in [1.807, 2.05) is 6.20 Å². The van der Waals surface area contributed by atoms with Gasteiger partial charge in [0.05, 0.1) is 6.54 Å². The van der Waals surface area contributed by atoms with Crippen LogP contribution >= 0.6 is 0 Å². The van der Waals surface area contributed by atoms with Gasteiger partial charge in [-0.05, 0) is 19.1 Å². The third-order valence-corrected chi connectivity index (χ3v) is 2.72. The van der Waals surface area contributed by atoms with Crippen molar-refractivity contribution in [3.05, 3.63) is 24.1 Å². The number of likely N-dealkylation sites (N-methyl/N-ethyl adjacent to an activating group) is 1. The Morgan fingerprint density at radius 3 is 2.88 bits per heavy atom. The van der Waals surface area contributed by atoms with Crippen molar-refractivity contribution < 1.29 is 9.90 Å². The molecule has 0 spiro atoms. The van der Waals surface area contributed by atoms with E-state index >= 15 is 0 Å². The zero-order valence-corrected chi connectivity index (χ0v) is 9.64. The second kappa shape index (κ2) is 3.37. The van der Waals surface area contributed by atoms with Gasteiger partial charge >= 0.3 is 0 Å². The molecule has 0 bridgehead atoms. The molecule has 1 amide bonds. The lowest BCUT2D eigenvalue weighted by molar-refractivity contribution is -0.133. The van der Waals surface area contributed by atoms with E-state index in [1.54, 1.807) is 38.1 Å². The maximum atomic E-state index is 12.0. The zero-order valence-electron chi connectivity index (χ0n) is 9.64. The van der Waals surface area contributed by atoms with Gasteiger partial charge in [-0.2, -0.15) is 0 Å². The van der Waals surface area contributed by atoms with Crippen LogP contribution in [0.15, 0.2) is 29.1 Å². The molecule has 2 heterocycles. The number of hydrogen-bond acceptors (Lipinski definition) is 4. The van der Waals surface area contributed by atoms with Crippen molar-refractivity contribution in [3.63, 3.8) is 0 Å². The van der Waals surface area contributed by atoms with Gasteiger partial charge in [0.2, 0.25) is 0 Å². The molecule has 0 aromatic rings. The van der Waals surface area contributed by atoms with Crippen molar-refractivity contribution >= 4 is 11.7 Å². The Kier molecular flexibility index (Phi) is 2.26. The first-order valence-corrected chi connectivity index (χ1v) is 5.10. The van der Waals surface area contributed by atoms with E-state index < -0.39 is 5.54 Å². The predicted molar refractivity (Wildman–Crippen MR) is 61.1 cm³/mol. The second-order valence-electron chi connectivity index (χ2n) is 4.43. The molecule has 2 aliphatic heterocycles. The lowest BCUT2D eigenvalue weighted by atomic mass is 10.0. The van der Waals surface area contributed by atoms with Gasteiger partial charge in [0, 0.05) is 20.3 Å². The van der Waals surface area contributed by atoms with E-state index in [9.17, 15) is 9.90 Å². The van der Waals surface area contributed by atoms with Crippen LogP contribution in [-0.4, -0.2) is 52.8 Å². The number of amides is 1. The molecule has 0 aliphatic carbocycles. The molecule has 5 heteroatoms. The Hall–Kier alpha value is -1.78. The molecule has 0 aromatic carbocycles. The molecule has 0 radical (unpaired) electrons. The Morgan fingerprint density at radius 1 is 1.62 bits per heavy atom. The van der Waals surface area contributed by atoms with E-state index in [4.69, 9.17) is 0 Å². The third kappa shape index (κ3) is 1.48. The second-order valence-corrected chi connectivity index (χ2v) is 4.43. The van der Waals surface area contributed by atoms with Crippen molar-refractivity contribution in [3.8, 4) is 0 Å². The number of carbonyl (C=O) groups excluding carboxylic acids is 1. The Balaban J connectivity index is 2.34. The van der Waals surface area contributed by atoms with Gasteiger partial charge in [0.15, 0.2) is 17.1 Å². The van der Waals surface area contributed by atoms with Crippen molar-refractivity contribution in [2.45, 2.75) is 12.5 Å². The number of fused-ring (bicyclic) bond motifs is 1. The molecule has 0 saturated heterocycles. The van der Waals surface area contributed by atoms with E-state index in [0.717, 1.165) is 0 Å². The average molecular weight is 221 g/mol. The monoisotopic (exact) mass is 221 g/mol. The molecule has 5 nitrogen and oxygen atoms in total. The summed E-state index contributed by atoms with van der Waals surface area (Å²) in [5, 5.41) is 9.64. The molecule has 16 heavy (non-hydrogen) atoms. The summed E-state index contributed by atoms with van der Waals surface area (Å²) in [5.41, 5.74) is -0.810. The molecular formula is C11H15N3O2. The summed E-state index contributed by atoms with van der Waals surface area (Å²) in [7, 11) is 3.41. The first-order valence-electron chi connectivity index (χ1n) is 5.10. The van der Waals surface area contributed by atoms with Gasteiger partial charge in [-0.25, -0.2) is 4.99 Å². The van der Waals surface area contributed by atoms with Gasteiger partial charge in [0.1, 0.15) is 0 Å².